The van der Waals surface area contributed by atoms with E-state index in [-0.39, 0.29) is 11.7 Å². The average molecular weight is 302 g/mol. The molecule has 22 heavy (non-hydrogen) atoms. The molecule has 1 saturated heterocycles. The number of nitrogens with zero attached hydrogens (tertiary/aromatic N) is 2. The smallest absolute Gasteiger partial charge is 0.222 e. The molecule has 0 radical (unpaired) electrons. The van der Waals surface area contributed by atoms with E-state index in [1.54, 1.807) is 0 Å². The number of amides is 1. The Bertz CT molecular complexity index is 549. The van der Waals surface area contributed by atoms with Gasteiger partial charge >= 0.3 is 0 Å². The number of ketones is 1. The molecule has 4 heteroatoms. The van der Waals surface area contributed by atoms with Gasteiger partial charge in [0, 0.05) is 38.2 Å². The van der Waals surface area contributed by atoms with Crippen LogP contribution in [0.1, 0.15) is 40.4 Å². The van der Waals surface area contributed by atoms with Crippen molar-refractivity contribution in [2.75, 3.05) is 32.7 Å². The lowest BCUT2D eigenvalue weighted by Crippen LogP contribution is -2.49. The van der Waals surface area contributed by atoms with Crippen molar-refractivity contribution < 1.29 is 9.59 Å². The van der Waals surface area contributed by atoms with Gasteiger partial charge < -0.3 is 4.90 Å². The summed E-state index contributed by atoms with van der Waals surface area (Å²) in [4.78, 5) is 28.3. The van der Waals surface area contributed by atoms with E-state index in [0.717, 1.165) is 42.9 Å². The molecule has 1 heterocycles. The van der Waals surface area contributed by atoms with E-state index in [0.29, 0.717) is 13.0 Å². The molecule has 0 spiro atoms. The lowest BCUT2D eigenvalue weighted by atomic mass is 9.96. The first-order valence-electron chi connectivity index (χ1n) is 8.03. The molecule has 0 unspecified atom stereocenters. The molecule has 0 aliphatic carbocycles. The molecule has 1 aromatic rings. The van der Waals surface area contributed by atoms with Gasteiger partial charge in [0.15, 0.2) is 5.78 Å². The van der Waals surface area contributed by atoms with Crippen LogP contribution in [-0.2, 0) is 4.79 Å². The average Bonchev–Trinajstić information content (AvgIpc) is 2.46. The maximum atomic E-state index is 12.6. The first-order valence-corrected chi connectivity index (χ1v) is 8.03. The van der Waals surface area contributed by atoms with Crippen molar-refractivity contribution in [3.05, 3.63) is 34.4 Å². The molecule has 1 fully saturated rings. The third-order valence-electron chi connectivity index (χ3n) is 4.35. The Morgan fingerprint density at radius 2 is 1.55 bits per heavy atom. The Labute approximate surface area is 133 Å². The lowest BCUT2D eigenvalue weighted by molar-refractivity contribution is -0.132. The van der Waals surface area contributed by atoms with Gasteiger partial charge in [-0.1, -0.05) is 24.6 Å². The Hall–Kier alpha value is -1.68. The number of benzene rings is 1. The maximum Gasteiger partial charge on any atom is 0.222 e. The van der Waals surface area contributed by atoms with Crippen molar-refractivity contribution in [2.45, 2.75) is 34.1 Å². The fourth-order valence-electron chi connectivity index (χ4n) is 3.28. The molecular weight excluding hydrogens is 276 g/mol. The molecule has 4 nitrogen and oxygen atoms in total. The van der Waals surface area contributed by atoms with Gasteiger partial charge in [0.05, 0.1) is 6.54 Å². The monoisotopic (exact) mass is 302 g/mol. The normalized spacial score (nSPS) is 15.9. The van der Waals surface area contributed by atoms with Crippen LogP contribution in [0.15, 0.2) is 12.1 Å². The highest BCUT2D eigenvalue weighted by atomic mass is 16.2. The molecular formula is C18H26N2O2. The predicted octanol–water partition coefficient (Wildman–Crippen LogP) is 2.35. The zero-order valence-corrected chi connectivity index (χ0v) is 14.1. The molecule has 2 rings (SSSR count). The SMILES string of the molecule is CCC(=O)N1CCN(CC(=O)c2c(C)cc(C)cc2C)CC1. The van der Waals surface area contributed by atoms with E-state index < -0.39 is 0 Å². The Morgan fingerprint density at radius 1 is 1.00 bits per heavy atom. The van der Waals surface area contributed by atoms with Crippen LogP contribution in [0.25, 0.3) is 0 Å². The largest absolute Gasteiger partial charge is 0.340 e. The van der Waals surface area contributed by atoms with Crippen molar-refractivity contribution in [2.24, 2.45) is 0 Å². The summed E-state index contributed by atoms with van der Waals surface area (Å²) in [6, 6.07) is 4.14. The minimum Gasteiger partial charge on any atom is -0.340 e. The summed E-state index contributed by atoms with van der Waals surface area (Å²) in [5, 5.41) is 0. The highest BCUT2D eigenvalue weighted by Gasteiger charge is 2.22. The number of hydrogen-bond acceptors (Lipinski definition) is 3. The van der Waals surface area contributed by atoms with Gasteiger partial charge in [-0.25, -0.2) is 0 Å². The number of hydrogen-bond donors (Lipinski definition) is 0. The van der Waals surface area contributed by atoms with Gasteiger partial charge in [0.1, 0.15) is 0 Å². The first-order chi connectivity index (χ1) is 10.4. The summed E-state index contributed by atoms with van der Waals surface area (Å²) in [5.74, 6) is 0.390. The number of piperazine rings is 1. The van der Waals surface area contributed by atoms with Crippen LogP contribution in [0.3, 0.4) is 0 Å². The maximum absolute atomic E-state index is 12.6. The Morgan fingerprint density at radius 3 is 2.05 bits per heavy atom. The van der Waals surface area contributed by atoms with E-state index in [2.05, 4.69) is 24.0 Å². The highest BCUT2D eigenvalue weighted by molar-refractivity contribution is 6.00. The number of carbonyl (C=O) groups excluding carboxylic acids is 2. The van der Waals surface area contributed by atoms with Gasteiger partial charge in [0.25, 0.3) is 0 Å². The fraction of sp³-hybridized carbons (Fsp3) is 0.556. The molecule has 1 aliphatic heterocycles. The van der Waals surface area contributed by atoms with Crippen LogP contribution in [0.2, 0.25) is 0 Å². The summed E-state index contributed by atoms with van der Waals surface area (Å²) in [6.45, 7) is 11.4. The molecule has 0 N–H and O–H groups in total. The van der Waals surface area contributed by atoms with Crippen LogP contribution in [0.4, 0.5) is 0 Å². The summed E-state index contributed by atoms with van der Waals surface area (Å²) in [5.41, 5.74) is 4.17. The predicted molar refractivity (Wildman–Crippen MR) is 88.3 cm³/mol. The zero-order chi connectivity index (χ0) is 16.3. The molecule has 0 atom stereocenters. The minimum absolute atomic E-state index is 0.185. The van der Waals surface area contributed by atoms with E-state index >= 15 is 0 Å². The van der Waals surface area contributed by atoms with Crippen molar-refractivity contribution in [1.82, 2.24) is 9.80 Å². The molecule has 0 aromatic heterocycles. The highest BCUT2D eigenvalue weighted by Crippen LogP contribution is 2.18. The Kier molecular flexibility index (Phi) is 5.35. The van der Waals surface area contributed by atoms with Crippen molar-refractivity contribution in [1.29, 1.82) is 0 Å². The van der Waals surface area contributed by atoms with E-state index in [4.69, 9.17) is 0 Å². The fourth-order valence-corrected chi connectivity index (χ4v) is 3.28. The number of aryl methyl sites for hydroxylation is 3. The van der Waals surface area contributed by atoms with Gasteiger partial charge in [-0.2, -0.15) is 0 Å². The first kappa shape index (κ1) is 16.7. The van der Waals surface area contributed by atoms with Gasteiger partial charge in [0.2, 0.25) is 5.91 Å². The second-order valence-electron chi connectivity index (χ2n) is 6.21. The number of Topliss-reactive ketones (excluding diaryl/α,β-unsaturated/α-hetero) is 1. The lowest BCUT2D eigenvalue weighted by Gasteiger charge is -2.34. The third kappa shape index (κ3) is 3.74. The third-order valence-corrected chi connectivity index (χ3v) is 4.35. The van der Waals surface area contributed by atoms with Crippen molar-refractivity contribution >= 4 is 11.7 Å². The summed E-state index contributed by atoms with van der Waals surface area (Å²) in [6.07, 6.45) is 0.556. The second kappa shape index (κ2) is 7.05. The summed E-state index contributed by atoms with van der Waals surface area (Å²) < 4.78 is 0. The topological polar surface area (TPSA) is 40.6 Å². The number of rotatable bonds is 4. The Balaban J connectivity index is 1.98. The molecule has 0 saturated carbocycles. The molecule has 0 bridgehead atoms. The molecule has 120 valence electrons. The van der Waals surface area contributed by atoms with Crippen LogP contribution >= 0.6 is 0 Å². The molecule has 1 aliphatic rings. The van der Waals surface area contributed by atoms with E-state index in [1.165, 1.54) is 5.56 Å². The minimum atomic E-state index is 0.185. The number of carbonyl (C=O) groups is 2. The quantitative estimate of drug-likeness (QED) is 0.802. The summed E-state index contributed by atoms with van der Waals surface area (Å²) >= 11 is 0. The standard InChI is InChI=1S/C18H26N2O2/c1-5-17(22)20-8-6-19(7-9-20)12-16(21)18-14(3)10-13(2)11-15(18)4/h10-11H,5-9,12H2,1-4H3. The van der Waals surface area contributed by atoms with Crippen molar-refractivity contribution in [3.63, 3.8) is 0 Å². The zero-order valence-electron chi connectivity index (χ0n) is 14.1. The van der Waals surface area contributed by atoms with Gasteiger partial charge in [-0.3, -0.25) is 14.5 Å². The summed E-state index contributed by atoms with van der Waals surface area (Å²) in [7, 11) is 0. The molecule has 1 aromatic carbocycles. The van der Waals surface area contributed by atoms with Crippen molar-refractivity contribution in [3.8, 4) is 0 Å². The van der Waals surface area contributed by atoms with Gasteiger partial charge in [-0.15, -0.1) is 0 Å². The van der Waals surface area contributed by atoms with Crippen LogP contribution in [0.5, 0.6) is 0 Å². The van der Waals surface area contributed by atoms with Crippen LogP contribution in [0, 0.1) is 20.8 Å². The van der Waals surface area contributed by atoms with Crippen LogP contribution in [-0.4, -0.2) is 54.2 Å². The van der Waals surface area contributed by atoms with Gasteiger partial charge in [-0.05, 0) is 31.9 Å². The van der Waals surface area contributed by atoms with E-state index in [9.17, 15) is 9.59 Å². The van der Waals surface area contributed by atoms with Crippen LogP contribution < -0.4 is 0 Å². The second-order valence-corrected chi connectivity index (χ2v) is 6.21. The van der Waals surface area contributed by atoms with E-state index in [1.807, 2.05) is 25.7 Å². The molecule has 1 amide bonds.